The number of aryl methyl sites for hydroxylation is 1. The van der Waals surface area contributed by atoms with Gasteiger partial charge in [0, 0.05) is 24.0 Å². The molecule has 0 saturated carbocycles. The Morgan fingerprint density at radius 3 is 2.24 bits per heavy atom. The Morgan fingerprint density at radius 1 is 0.891 bits per heavy atom. The maximum Gasteiger partial charge on any atom is 0.264 e. The molecule has 0 bridgehead atoms. The van der Waals surface area contributed by atoms with Gasteiger partial charge in [-0.05, 0) is 60.9 Å². The van der Waals surface area contributed by atoms with Gasteiger partial charge in [-0.25, -0.2) is 8.42 Å². The van der Waals surface area contributed by atoms with Gasteiger partial charge in [0.15, 0.2) is 0 Å². The van der Waals surface area contributed by atoms with Crippen molar-refractivity contribution in [3.8, 4) is 5.75 Å². The molecule has 0 aromatic heterocycles. The maximum absolute atomic E-state index is 14.6. The number of anilines is 1. The van der Waals surface area contributed by atoms with Crippen LogP contribution in [0.4, 0.5) is 5.69 Å². The van der Waals surface area contributed by atoms with Gasteiger partial charge in [0.2, 0.25) is 11.8 Å². The summed E-state index contributed by atoms with van der Waals surface area (Å²) in [6, 6.07) is 29.2. The first-order valence-corrected chi connectivity index (χ1v) is 17.4. The highest BCUT2D eigenvalue weighted by molar-refractivity contribution is 9.10. The zero-order valence-corrected chi connectivity index (χ0v) is 28.8. The Balaban J connectivity index is 1.82. The summed E-state index contributed by atoms with van der Waals surface area (Å²) in [5, 5.41) is 3.01. The normalized spacial score (nSPS) is 11.8. The molecule has 8 nitrogen and oxygen atoms in total. The number of nitrogens with one attached hydrogen (secondary N) is 1. The SMILES string of the molecule is CCCCNC(=O)C(Cc1ccccc1)N(Cc1cccc(Br)c1)C(=O)CN(c1ccccc1OC)S(=O)(=O)c1ccc(C)cc1. The predicted molar refractivity (Wildman–Crippen MR) is 185 cm³/mol. The number of nitrogens with zero attached hydrogens (tertiary/aromatic N) is 2. The first kappa shape index (κ1) is 34.7. The van der Waals surface area contributed by atoms with E-state index in [1.165, 1.54) is 24.1 Å². The van der Waals surface area contributed by atoms with Crippen LogP contribution in [0, 0.1) is 6.92 Å². The van der Waals surface area contributed by atoms with Gasteiger partial charge in [-0.1, -0.05) is 102 Å². The van der Waals surface area contributed by atoms with Crippen molar-refractivity contribution >= 4 is 43.5 Å². The molecule has 4 aromatic rings. The molecule has 0 saturated heterocycles. The van der Waals surface area contributed by atoms with E-state index >= 15 is 0 Å². The topological polar surface area (TPSA) is 96.0 Å². The van der Waals surface area contributed by atoms with Crippen LogP contribution in [-0.4, -0.2) is 51.4 Å². The van der Waals surface area contributed by atoms with Gasteiger partial charge in [-0.3, -0.25) is 13.9 Å². The van der Waals surface area contributed by atoms with E-state index in [1.807, 2.05) is 68.4 Å². The van der Waals surface area contributed by atoms with Crippen molar-refractivity contribution in [3.63, 3.8) is 0 Å². The summed E-state index contributed by atoms with van der Waals surface area (Å²) < 4.78 is 36.0. The van der Waals surface area contributed by atoms with E-state index < -0.39 is 28.5 Å². The molecule has 4 aromatic carbocycles. The lowest BCUT2D eigenvalue weighted by Crippen LogP contribution is -2.53. The van der Waals surface area contributed by atoms with Gasteiger partial charge in [0.05, 0.1) is 17.7 Å². The summed E-state index contributed by atoms with van der Waals surface area (Å²) in [5.41, 5.74) is 2.77. The average molecular weight is 707 g/mol. The summed E-state index contributed by atoms with van der Waals surface area (Å²) in [4.78, 5) is 30.0. The fraction of sp³-hybridized carbons (Fsp3) is 0.278. The second-order valence-electron chi connectivity index (χ2n) is 11.0. The zero-order valence-electron chi connectivity index (χ0n) is 26.4. The van der Waals surface area contributed by atoms with Crippen LogP contribution in [0.2, 0.25) is 0 Å². The number of rotatable bonds is 15. The van der Waals surface area contributed by atoms with Gasteiger partial charge >= 0.3 is 0 Å². The number of para-hydroxylation sites is 2. The van der Waals surface area contributed by atoms with Crippen LogP contribution in [0.5, 0.6) is 5.75 Å². The second kappa shape index (κ2) is 16.4. The molecule has 46 heavy (non-hydrogen) atoms. The average Bonchev–Trinajstić information content (AvgIpc) is 3.05. The Hall–Kier alpha value is -4.15. The number of carbonyl (C=O) groups excluding carboxylic acids is 2. The molecule has 10 heteroatoms. The molecule has 0 aliphatic carbocycles. The van der Waals surface area contributed by atoms with Gasteiger partial charge in [0.25, 0.3) is 10.0 Å². The Labute approximate surface area is 280 Å². The third-order valence-electron chi connectivity index (χ3n) is 7.58. The Bertz CT molecular complexity index is 1720. The van der Waals surface area contributed by atoms with Crippen molar-refractivity contribution in [2.24, 2.45) is 0 Å². The number of halogens is 1. The summed E-state index contributed by atoms with van der Waals surface area (Å²) in [6.07, 6.45) is 1.94. The minimum atomic E-state index is -4.24. The van der Waals surface area contributed by atoms with E-state index in [1.54, 1.807) is 36.4 Å². The molecule has 0 radical (unpaired) electrons. The summed E-state index contributed by atoms with van der Waals surface area (Å²) >= 11 is 3.51. The lowest BCUT2D eigenvalue weighted by Gasteiger charge is -2.34. The Kier molecular flexibility index (Phi) is 12.4. The lowest BCUT2D eigenvalue weighted by molar-refractivity contribution is -0.140. The van der Waals surface area contributed by atoms with Gasteiger partial charge < -0.3 is 15.0 Å². The van der Waals surface area contributed by atoms with Crippen LogP contribution in [0.3, 0.4) is 0 Å². The first-order valence-electron chi connectivity index (χ1n) is 15.2. The van der Waals surface area contributed by atoms with Gasteiger partial charge in [-0.2, -0.15) is 0 Å². The highest BCUT2D eigenvalue weighted by Gasteiger charge is 2.35. The van der Waals surface area contributed by atoms with Crippen LogP contribution in [-0.2, 0) is 32.6 Å². The smallest absolute Gasteiger partial charge is 0.264 e. The molecule has 0 aliphatic heterocycles. The van der Waals surface area contributed by atoms with Crippen LogP contribution >= 0.6 is 15.9 Å². The van der Waals surface area contributed by atoms with Crippen molar-refractivity contribution in [2.45, 2.75) is 50.6 Å². The van der Waals surface area contributed by atoms with E-state index in [2.05, 4.69) is 21.2 Å². The highest BCUT2D eigenvalue weighted by Crippen LogP contribution is 2.33. The van der Waals surface area contributed by atoms with Crippen molar-refractivity contribution in [1.29, 1.82) is 0 Å². The molecule has 0 spiro atoms. The first-order chi connectivity index (χ1) is 22.1. The quantitative estimate of drug-likeness (QED) is 0.142. The minimum absolute atomic E-state index is 0.0356. The molecule has 242 valence electrons. The molecule has 0 aliphatic rings. The monoisotopic (exact) mass is 705 g/mol. The zero-order chi connectivity index (χ0) is 33.1. The third-order valence-corrected chi connectivity index (χ3v) is 9.85. The van der Waals surface area contributed by atoms with E-state index in [4.69, 9.17) is 4.74 Å². The number of benzene rings is 4. The molecular weight excluding hydrogens is 666 g/mol. The number of carbonyl (C=O) groups is 2. The number of methoxy groups -OCH3 is 1. The summed E-state index contributed by atoms with van der Waals surface area (Å²) in [5.74, 6) is -0.540. The van der Waals surface area contributed by atoms with E-state index in [-0.39, 0.29) is 29.5 Å². The molecule has 1 unspecified atom stereocenters. The number of hydrogen-bond donors (Lipinski definition) is 1. The van der Waals surface area contributed by atoms with Crippen LogP contribution in [0.15, 0.2) is 112 Å². The standard InChI is InChI=1S/C36H40BrN3O5S/c1-4-5-22-38-36(42)33(24-28-12-7-6-8-13-28)39(25-29-14-11-15-30(37)23-29)35(41)26-40(32-16-9-10-17-34(32)45-3)46(43,44)31-20-18-27(2)19-21-31/h6-21,23,33H,4-5,22,24-26H2,1-3H3,(H,38,42). The fourth-order valence-corrected chi connectivity index (χ4v) is 6.95. The number of sulfonamides is 1. The summed E-state index contributed by atoms with van der Waals surface area (Å²) in [6.45, 7) is 3.90. The van der Waals surface area contributed by atoms with Crippen molar-refractivity contribution in [3.05, 3.63) is 124 Å². The molecule has 0 heterocycles. The molecular formula is C36H40BrN3O5S. The second-order valence-corrected chi connectivity index (χ2v) is 13.8. The van der Waals surface area contributed by atoms with E-state index in [9.17, 15) is 18.0 Å². The van der Waals surface area contributed by atoms with E-state index in [0.29, 0.717) is 12.3 Å². The number of hydrogen-bond acceptors (Lipinski definition) is 5. The number of ether oxygens (including phenoxy) is 1. The summed E-state index contributed by atoms with van der Waals surface area (Å²) in [7, 11) is -2.78. The van der Waals surface area contributed by atoms with Crippen LogP contribution < -0.4 is 14.4 Å². The van der Waals surface area contributed by atoms with Crippen LogP contribution in [0.1, 0.15) is 36.5 Å². The fourth-order valence-electron chi connectivity index (χ4n) is 5.08. The molecule has 1 N–H and O–H groups in total. The Morgan fingerprint density at radius 2 is 1.57 bits per heavy atom. The number of unbranched alkanes of at least 4 members (excludes halogenated alkanes) is 1. The number of amides is 2. The molecule has 1 atom stereocenters. The molecule has 0 fully saturated rings. The van der Waals surface area contributed by atoms with Crippen LogP contribution in [0.25, 0.3) is 0 Å². The van der Waals surface area contributed by atoms with Crippen molar-refractivity contribution in [2.75, 3.05) is 24.5 Å². The van der Waals surface area contributed by atoms with Crippen molar-refractivity contribution < 1.29 is 22.7 Å². The maximum atomic E-state index is 14.6. The van der Waals surface area contributed by atoms with Gasteiger partial charge in [0.1, 0.15) is 18.3 Å². The molecule has 2 amide bonds. The van der Waals surface area contributed by atoms with Gasteiger partial charge in [-0.15, -0.1) is 0 Å². The predicted octanol–water partition coefficient (Wildman–Crippen LogP) is 6.52. The lowest BCUT2D eigenvalue weighted by atomic mass is 10.0. The molecule has 4 rings (SSSR count). The van der Waals surface area contributed by atoms with E-state index in [0.717, 1.165) is 38.3 Å². The highest BCUT2D eigenvalue weighted by atomic mass is 79.9. The third kappa shape index (κ3) is 8.98. The largest absolute Gasteiger partial charge is 0.495 e. The van der Waals surface area contributed by atoms with Crippen molar-refractivity contribution in [1.82, 2.24) is 10.2 Å². The minimum Gasteiger partial charge on any atom is -0.495 e.